The largest absolute Gasteiger partial charge is 0.465 e. The average Bonchev–Trinajstić information content (AvgIpc) is 2.35. The van der Waals surface area contributed by atoms with E-state index in [-0.39, 0.29) is 5.97 Å². The van der Waals surface area contributed by atoms with Crippen LogP contribution in [-0.2, 0) is 14.3 Å². The van der Waals surface area contributed by atoms with Gasteiger partial charge in [0, 0.05) is 0 Å². The van der Waals surface area contributed by atoms with E-state index >= 15 is 0 Å². The minimum Gasteiger partial charge on any atom is -0.465 e. The van der Waals surface area contributed by atoms with E-state index < -0.39 is 17.5 Å². The fraction of sp³-hybridized carbons (Fsp3) is 0.467. The van der Waals surface area contributed by atoms with Gasteiger partial charge in [0.05, 0.1) is 18.6 Å². The molecular formula is C15H20O4. The first-order chi connectivity index (χ1) is 8.74. The quantitative estimate of drug-likeness (QED) is 0.788. The fourth-order valence-electron chi connectivity index (χ4n) is 1.58. The second-order valence-electron chi connectivity index (χ2n) is 5.37. The molecule has 104 valence electrons. The van der Waals surface area contributed by atoms with Crippen LogP contribution in [0.15, 0.2) is 24.3 Å². The van der Waals surface area contributed by atoms with Gasteiger partial charge in [-0.3, -0.25) is 4.79 Å². The molecule has 0 radical (unpaired) electrons. The lowest BCUT2D eigenvalue weighted by Crippen LogP contribution is -2.26. The lowest BCUT2D eigenvalue weighted by Gasteiger charge is -2.22. The predicted molar refractivity (Wildman–Crippen MR) is 72.0 cm³/mol. The van der Waals surface area contributed by atoms with Crippen molar-refractivity contribution in [2.24, 2.45) is 0 Å². The van der Waals surface area contributed by atoms with Crippen LogP contribution in [0.5, 0.6) is 0 Å². The number of carbonyl (C=O) groups is 2. The van der Waals surface area contributed by atoms with Crippen LogP contribution in [0.25, 0.3) is 0 Å². The van der Waals surface area contributed by atoms with E-state index in [2.05, 4.69) is 4.74 Å². The van der Waals surface area contributed by atoms with Gasteiger partial charge in [-0.1, -0.05) is 12.1 Å². The molecule has 0 amide bonds. The maximum atomic E-state index is 12.0. The smallest absolute Gasteiger partial charge is 0.337 e. The number of benzene rings is 1. The summed E-state index contributed by atoms with van der Waals surface area (Å²) in [5, 5.41) is 0. The van der Waals surface area contributed by atoms with Gasteiger partial charge >= 0.3 is 11.9 Å². The maximum absolute atomic E-state index is 12.0. The maximum Gasteiger partial charge on any atom is 0.337 e. The molecular weight excluding hydrogens is 244 g/mol. The van der Waals surface area contributed by atoms with Crippen molar-refractivity contribution in [3.05, 3.63) is 35.4 Å². The summed E-state index contributed by atoms with van der Waals surface area (Å²) in [6.07, 6.45) is 0. The Hall–Kier alpha value is -1.84. The zero-order valence-electron chi connectivity index (χ0n) is 12.0. The molecule has 0 saturated carbocycles. The van der Waals surface area contributed by atoms with Crippen molar-refractivity contribution in [2.45, 2.75) is 39.2 Å². The van der Waals surface area contributed by atoms with Gasteiger partial charge in [-0.15, -0.1) is 0 Å². The van der Waals surface area contributed by atoms with E-state index in [1.807, 2.05) is 20.8 Å². The van der Waals surface area contributed by atoms with Crippen LogP contribution in [-0.4, -0.2) is 24.6 Å². The molecule has 4 heteroatoms. The number of hydrogen-bond donors (Lipinski definition) is 0. The zero-order valence-corrected chi connectivity index (χ0v) is 12.0. The molecule has 0 unspecified atom stereocenters. The fourth-order valence-corrected chi connectivity index (χ4v) is 1.58. The predicted octanol–water partition coefficient (Wildman–Crippen LogP) is 2.92. The number of carbonyl (C=O) groups excluding carboxylic acids is 2. The summed E-state index contributed by atoms with van der Waals surface area (Å²) in [5.74, 6) is -1.16. The van der Waals surface area contributed by atoms with E-state index in [0.29, 0.717) is 5.56 Å². The Morgan fingerprint density at radius 3 is 2.37 bits per heavy atom. The van der Waals surface area contributed by atoms with Crippen molar-refractivity contribution in [3.63, 3.8) is 0 Å². The van der Waals surface area contributed by atoms with Crippen LogP contribution in [0.3, 0.4) is 0 Å². The van der Waals surface area contributed by atoms with E-state index in [9.17, 15) is 9.59 Å². The molecule has 0 N–H and O–H groups in total. The van der Waals surface area contributed by atoms with E-state index in [1.165, 1.54) is 7.11 Å². The molecule has 0 heterocycles. The van der Waals surface area contributed by atoms with Gasteiger partial charge < -0.3 is 9.47 Å². The van der Waals surface area contributed by atoms with Crippen molar-refractivity contribution < 1.29 is 19.1 Å². The minimum atomic E-state index is -0.523. The van der Waals surface area contributed by atoms with Crippen LogP contribution in [0.4, 0.5) is 0 Å². The number of rotatable bonds is 3. The van der Waals surface area contributed by atoms with Gasteiger partial charge in [-0.25, -0.2) is 4.79 Å². The Morgan fingerprint density at radius 2 is 1.84 bits per heavy atom. The van der Waals surface area contributed by atoms with Crippen molar-refractivity contribution in [3.8, 4) is 0 Å². The molecule has 0 aliphatic heterocycles. The Bertz CT molecular complexity index is 471. The average molecular weight is 264 g/mol. The van der Waals surface area contributed by atoms with Gasteiger partial charge in [0.15, 0.2) is 0 Å². The number of esters is 2. The van der Waals surface area contributed by atoms with Gasteiger partial charge in [0.2, 0.25) is 0 Å². The molecule has 1 atom stereocenters. The molecule has 1 aromatic rings. The Kier molecular flexibility index (Phi) is 4.70. The van der Waals surface area contributed by atoms with Crippen LogP contribution >= 0.6 is 0 Å². The monoisotopic (exact) mass is 264 g/mol. The summed E-state index contributed by atoms with van der Waals surface area (Å²) in [6, 6.07) is 6.82. The van der Waals surface area contributed by atoms with Crippen LogP contribution in [0.2, 0.25) is 0 Å². The summed E-state index contributed by atoms with van der Waals surface area (Å²) in [5.41, 5.74) is 0.637. The first-order valence-corrected chi connectivity index (χ1v) is 6.15. The van der Waals surface area contributed by atoms with Crippen molar-refractivity contribution in [1.29, 1.82) is 0 Å². The Balaban J connectivity index is 2.91. The normalized spacial score (nSPS) is 12.7. The van der Waals surface area contributed by atoms with Crippen LogP contribution in [0.1, 0.15) is 49.5 Å². The van der Waals surface area contributed by atoms with Gasteiger partial charge in [0.1, 0.15) is 5.60 Å². The highest BCUT2D eigenvalue weighted by Gasteiger charge is 2.23. The summed E-state index contributed by atoms with van der Waals surface area (Å²) in [4.78, 5) is 23.4. The molecule has 0 bridgehead atoms. The second-order valence-corrected chi connectivity index (χ2v) is 5.37. The Labute approximate surface area is 113 Å². The summed E-state index contributed by atoms with van der Waals surface area (Å²) >= 11 is 0. The molecule has 0 spiro atoms. The summed E-state index contributed by atoms with van der Waals surface area (Å²) < 4.78 is 9.98. The van der Waals surface area contributed by atoms with Crippen LogP contribution in [0, 0.1) is 0 Å². The molecule has 1 rings (SSSR count). The van der Waals surface area contributed by atoms with E-state index in [1.54, 1.807) is 31.2 Å². The van der Waals surface area contributed by atoms with Gasteiger partial charge in [-0.2, -0.15) is 0 Å². The number of ether oxygens (including phenoxy) is 2. The number of methoxy groups -OCH3 is 1. The van der Waals surface area contributed by atoms with Crippen molar-refractivity contribution >= 4 is 11.9 Å². The third-order valence-electron chi connectivity index (χ3n) is 2.57. The zero-order chi connectivity index (χ0) is 14.6. The van der Waals surface area contributed by atoms with E-state index in [0.717, 1.165) is 5.56 Å². The molecule has 0 aliphatic rings. The number of hydrogen-bond acceptors (Lipinski definition) is 4. The van der Waals surface area contributed by atoms with Crippen molar-refractivity contribution in [2.75, 3.05) is 7.11 Å². The first-order valence-electron chi connectivity index (χ1n) is 6.15. The topological polar surface area (TPSA) is 52.6 Å². The molecule has 0 saturated heterocycles. The molecule has 1 aromatic carbocycles. The highest BCUT2D eigenvalue weighted by atomic mass is 16.6. The van der Waals surface area contributed by atoms with E-state index in [4.69, 9.17) is 4.74 Å². The van der Waals surface area contributed by atoms with Gasteiger partial charge in [0.25, 0.3) is 0 Å². The lowest BCUT2D eigenvalue weighted by molar-refractivity contribution is -0.156. The minimum absolute atomic E-state index is 0.311. The third-order valence-corrected chi connectivity index (χ3v) is 2.57. The summed E-state index contributed by atoms with van der Waals surface area (Å²) in [7, 11) is 1.33. The molecule has 0 aliphatic carbocycles. The highest BCUT2D eigenvalue weighted by molar-refractivity contribution is 5.90. The Morgan fingerprint density at radius 1 is 1.21 bits per heavy atom. The standard InChI is InChI=1S/C15H20O4/c1-10(13(16)19-15(2,3)4)11-7-6-8-12(9-11)14(17)18-5/h6-10H,1-5H3/t10-/m1/s1. The molecule has 4 nitrogen and oxygen atoms in total. The first kappa shape index (κ1) is 15.2. The van der Waals surface area contributed by atoms with Gasteiger partial charge in [-0.05, 0) is 45.4 Å². The van der Waals surface area contributed by atoms with Crippen LogP contribution < -0.4 is 0 Å². The molecule has 19 heavy (non-hydrogen) atoms. The second kappa shape index (κ2) is 5.87. The highest BCUT2D eigenvalue weighted by Crippen LogP contribution is 2.21. The molecule has 0 aromatic heterocycles. The lowest BCUT2D eigenvalue weighted by atomic mass is 9.99. The SMILES string of the molecule is COC(=O)c1cccc([C@@H](C)C(=O)OC(C)(C)C)c1. The molecule has 0 fully saturated rings. The third kappa shape index (κ3) is 4.39. The summed E-state index contributed by atoms with van der Waals surface area (Å²) in [6.45, 7) is 7.22. The van der Waals surface area contributed by atoms with Crippen molar-refractivity contribution in [1.82, 2.24) is 0 Å².